The monoisotopic (exact) mass is 444 g/mol. The number of nitrogens with zero attached hydrogens (tertiary/aromatic N) is 1. The number of carbonyl (C=O) groups is 2. The third kappa shape index (κ3) is 5.51. The standard InChI is InChI=1S/C24H26ClFN2O3/c1-3-4-13-31-14-5-12-28-23(29)21(17-7-10-19(26)11-8-17)22(24(28)30)27-20-15-18(25)9-6-16(20)2/h6-11,15,27H,3-5,12-14H2,1-2H3. The Labute approximate surface area is 186 Å². The molecule has 31 heavy (non-hydrogen) atoms. The molecule has 3 rings (SSSR count). The third-order valence-electron chi connectivity index (χ3n) is 5.07. The second kappa shape index (κ2) is 10.6. The molecule has 2 aromatic rings. The molecule has 0 bridgehead atoms. The highest BCUT2D eigenvalue weighted by Crippen LogP contribution is 2.32. The fraction of sp³-hybridized carbons (Fsp3) is 0.333. The van der Waals surface area contributed by atoms with Crippen LogP contribution in [0.3, 0.4) is 0 Å². The summed E-state index contributed by atoms with van der Waals surface area (Å²) in [6.45, 7) is 5.35. The van der Waals surface area contributed by atoms with E-state index in [0.717, 1.165) is 18.4 Å². The molecular formula is C24H26ClFN2O3. The van der Waals surface area contributed by atoms with Crippen LogP contribution in [0.25, 0.3) is 5.57 Å². The molecule has 0 saturated carbocycles. The fourth-order valence-electron chi connectivity index (χ4n) is 3.32. The van der Waals surface area contributed by atoms with Crippen LogP contribution < -0.4 is 5.32 Å². The molecule has 1 aliphatic rings. The molecule has 0 atom stereocenters. The van der Waals surface area contributed by atoms with Crippen molar-refractivity contribution < 1.29 is 18.7 Å². The van der Waals surface area contributed by atoms with Crippen LogP contribution in [-0.4, -0.2) is 36.5 Å². The number of hydrogen-bond acceptors (Lipinski definition) is 4. The molecule has 2 aromatic carbocycles. The van der Waals surface area contributed by atoms with Crippen LogP contribution in [0.2, 0.25) is 5.02 Å². The van der Waals surface area contributed by atoms with E-state index in [2.05, 4.69) is 12.2 Å². The fourth-order valence-corrected chi connectivity index (χ4v) is 3.49. The highest BCUT2D eigenvalue weighted by molar-refractivity contribution is 6.36. The SMILES string of the molecule is CCCCOCCCN1C(=O)C(Nc2cc(Cl)ccc2C)=C(c2ccc(F)cc2)C1=O. The maximum atomic E-state index is 13.4. The van der Waals surface area contributed by atoms with Crippen molar-refractivity contribution in [2.75, 3.05) is 25.1 Å². The number of halogens is 2. The average molecular weight is 445 g/mol. The van der Waals surface area contributed by atoms with Gasteiger partial charge >= 0.3 is 0 Å². The van der Waals surface area contributed by atoms with Crippen molar-refractivity contribution in [2.45, 2.75) is 33.1 Å². The minimum absolute atomic E-state index is 0.161. The van der Waals surface area contributed by atoms with E-state index in [0.29, 0.717) is 35.9 Å². The molecule has 0 saturated heterocycles. The van der Waals surface area contributed by atoms with Gasteiger partial charge in [-0.3, -0.25) is 14.5 Å². The lowest BCUT2D eigenvalue weighted by atomic mass is 10.0. The number of rotatable bonds is 10. The van der Waals surface area contributed by atoms with Gasteiger partial charge in [-0.1, -0.05) is 43.1 Å². The largest absolute Gasteiger partial charge is 0.381 e. The topological polar surface area (TPSA) is 58.6 Å². The Balaban J connectivity index is 1.86. The van der Waals surface area contributed by atoms with E-state index < -0.39 is 17.6 Å². The lowest BCUT2D eigenvalue weighted by molar-refractivity contribution is -0.137. The molecule has 0 fully saturated rings. The van der Waals surface area contributed by atoms with Crippen molar-refractivity contribution in [1.29, 1.82) is 0 Å². The van der Waals surface area contributed by atoms with Crippen molar-refractivity contribution in [3.05, 3.63) is 70.1 Å². The van der Waals surface area contributed by atoms with E-state index in [4.69, 9.17) is 16.3 Å². The van der Waals surface area contributed by atoms with Crippen LogP contribution in [0.1, 0.15) is 37.3 Å². The van der Waals surface area contributed by atoms with Crippen LogP contribution >= 0.6 is 11.6 Å². The lowest BCUT2D eigenvalue weighted by Crippen LogP contribution is -2.34. The highest BCUT2D eigenvalue weighted by atomic mass is 35.5. The van der Waals surface area contributed by atoms with Crippen molar-refractivity contribution in [1.82, 2.24) is 4.90 Å². The number of benzene rings is 2. The summed E-state index contributed by atoms with van der Waals surface area (Å²) in [4.78, 5) is 27.5. The Morgan fingerprint density at radius 2 is 1.74 bits per heavy atom. The smallest absolute Gasteiger partial charge is 0.278 e. The van der Waals surface area contributed by atoms with E-state index in [1.54, 1.807) is 12.1 Å². The van der Waals surface area contributed by atoms with Gasteiger partial charge in [-0.05, 0) is 55.2 Å². The Bertz CT molecular complexity index is 989. The summed E-state index contributed by atoms with van der Waals surface area (Å²) in [6, 6.07) is 10.8. The van der Waals surface area contributed by atoms with Gasteiger partial charge in [0.05, 0.1) is 5.57 Å². The molecule has 0 aliphatic carbocycles. The maximum Gasteiger partial charge on any atom is 0.278 e. The van der Waals surface area contributed by atoms with Gasteiger partial charge in [0.2, 0.25) is 0 Å². The van der Waals surface area contributed by atoms with E-state index in [9.17, 15) is 14.0 Å². The Morgan fingerprint density at radius 3 is 2.45 bits per heavy atom. The van der Waals surface area contributed by atoms with Crippen molar-refractivity contribution >= 4 is 34.7 Å². The number of unbranched alkanes of at least 4 members (excludes halogenated alkanes) is 1. The number of aryl methyl sites for hydroxylation is 1. The molecule has 0 radical (unpaired) electrons. The minimum Gasteiger partial charge on any atom is -0.381 e. The van der Waals surface area contributed by atoms with Crippen LogP contribution in [0.15, 0.2) is 48.2 Å². The summed E-state index contributed by atoms with van der Waals surface area (Å²) in [6.07, 6.45) is 2.57. The third-order valence-corrected chi connectivity index (χ3v) is 5.31. The van der Waals surface area contributed by atoms with Gasteiger partial charge in [-0.15, -0.1) is 0 Å². The molecule has 1 N–H and O–H groups in total. The van der Waals surface area contributed by atoms with Gasteiger partial charge in [-0.2, -0.15) is 0 Å². The van der Waals surface area contributed by atoms with Crippen LogP contribution in [0.4, 0.5) is 10.1 Å². The Kier molecular flexibility index (Phi) is 7.82. The first-order valence-electron chi connectivity index (χ1n) is 10.4. The van der Waals surface area contributed by atoms with Gasteiger partial charge in [0.15, 0.2) is 0 Å². The van der Waals surface area contributed by atoms with Crippen LogP contribution in [-0.2, 0) is 14.3 Å². The summed E-state index contributed by atoms with van der Waals surface area (Å²) < 4.78 is 19.0. The minimum atomic E-state index is -0.419. The predicted molar refractivity (Wildman–Crippen MR) is 120 cm³/mol. The average Bonchev–Trinajstić information content (AvgIpc) is 2.98. The second-order valence-electron chi connectivity index (χ2n) is 7.42. The summed E-state index contributed by atoms with van der Waals surface area (Å²) in [5.41, 5.74) is 2.36. The molecule has 7 heteroatoms. The van der Waals surface area contributed by atoms with Gasteiger partial charge in [0.1, 0.15) is 11.5 Å². The molecule has 164 valence electrons. The number of anilines is 1. The number of ether oxygens (including phenoxy) is 1. The van der Waals surface area contributed by atoms with Crippen molar-refractivity contribution in [2.24, 2.45) is 0 Å². The number of hydrogen-bond donors (Lipinski definition) is 1. The highest BCUT2D eigenvalue weighted by Gasteiger charge is 2.39. The van der Waals surface area contributed by atoms with E-state index in [1.807, 2.05) is 13.0 Å². The normalized spacial score (nSPS) is 14.0. The number of amides is 2. The number of carbonyl (C=O) groups excluding carboxylic acids is 2. The quantitative estimate of drug-likeness (QED) is 0.405. The molecular weight excluding hydrogens is 419 g/mol. The van der Waals surface area contributed by atoms with Crippen molar-refractivity contribution in [3.8, 4) is 0 Å². The van der Waals surface area contributed by atoms with Gasteiger partial charge < -0.3 is 10.1 Å². The van der Waals surface area contributed by atoms with Gasteiger partial charge in [-0.25, -0.2) is 4.39 Å². The van der Waals surface area contributed by atoms with E-state index in [-0.39, 0.29) is 17.8 Å². The van der Waals surface area contributed by atoms with Gasteiger partial charge in [0, 0.05) is 30.5 Å². The lowest BCUT2D eigenvalue weighted by Gasteiger charge is -2.16. The molecule has 5 nitrogen and oxygen atoms in total. The molecule has 2 amide bonds. The zero-order valence-electron chi connectivity index (χ0n) is 17.7. The molecule has 1 aliphatic heterocycles. The number of imide groups is 1. The maximum absolute atomic E-state index is 13.4. The summed E-state index contributed by atoms with van der Waals surface area (Å²) in [7, 11) is 0. The molecule has 0 aromatic heterocycles. The summed E-state index contributed by atoms with van der Waals surface area (Å²) in [5, 5.41) is 3.61. The van der Waals surface area contributed by atoms with Gasteiger partial charge in [0.25, 0.3) is 11.8 Å². The Morgan fingerprint density at radius 1 is 1.03 bits per heavy atom. The summed E-state index contributed by atoms with van der Waals surface area (Å²) >= 11 is 6.11. The summed E-state index contributed by atoms with van der Waals surface area (Å²) in [5.74, 6) is -1.24. The first-order valence-corrected chi connectivity index (χ1v) is 10.8. The molecule has 0 unspecified atom stereocenters. The Hall–Kier alpha value is -2.70. The number of nitrogens with one attached hydrogen (secondary N) is 1. The predicted octanol–water partition coefficient (Wildman–Crippen LogP) is 5.19. The van der Waals surface area contributed by atoms with Crippen LogP contribution in [0, 0.1) is 12.7 Å². The zero-order chi connectivity index (χ0) is 22.4. The first-order chi connectivity index (χ1) is 14.9. The van der Waals surface area contributed by atoms with Crippen LogP contribution in [0.5, 0.6) is 0 Å². The zero-order valence-corrected chi connectivity index (χ0v) is 18.5. The molecule has 1 heterocycles. The van der Waals surface area contributed by atoms with Crippen molar-refractivity contribution in [3.63, 3.8) is 0 Å². The second-order valence-corrected chi connectivity index (χ2v) is 7.86. The van der Waals surface area contributed by atoms with E-state index in [1.165, 1.54) is 29.2 Å². The molecule has 0 spiro atoms. The first kappa shape index (κ1) is 23.0. The van der Waals surface area contributed by atoms with E-state index >= 15 is 0 Å².